The van der Waals surface area contributed by atoms with Gasteiger partial charge < -0.3 is 14.2 Å². The normalized spacial score (nSPS) is 16.7. The van der Waals surface area contributed by atoms with Gasteiger partial charge in [0.25, 0.3) is 5.56 Å². The number of rotatable bonds is 3. The smallest absolute Gasteiger partial charge is 0.293 e. The fourth-order valence-electron chi connectivity index (χ4n) is 2.27. The SMILES string of the molecule is COc1cccn([C@@H](C)C(=O)N2CCCC2)c1=O. The second-order valence-electron chi connectivity index (χ2n) is 4.50. The Labute approximate surface area is 106 Å². The first-order valence-electron chi connectivity index (χ1n) is 6.19. The first-order chi connectivity index (χ1) is 8.65. The average Bonchev–Trinajstić information content (AvgIpc) is 2.91. The summed E-state index contributed by atoms with van der Waals surface area (Å²) in [6, 6.07) is 2.84. The summed E-state index contributed by atoms with van der Waals surface area (Å²) in [6.07, 6.45) is 3.72. The zero-order valence-corrected chi connectivity index (χ0v) is 10.8. The van der Waals surface area contributed by atoms with Crippen LogP contribution in [0.2, 0.25) is 0 Å². The molecule has 0 saturated carbocycles. The van der Waals surface area contributed by atoms with Crippen LogP contribution in [0.3, 0.4) is 0 Å². The van der Waals surface area contributed by atoms with Crippen LogP contribution in [0.5, 0.6) is 5.75 Å². The van der Waals surface area contributed by atoms with Gasteiger partial charge in [0.2, 0.25) is 5.91 Å². The van der Waals surface area contributed by atoms with E-state index in [0.717, 1.165) is 25.9 Å². The topological polar surface area (TPSA) is 51.5 Å². The highest BCUT2D eigenvalue weighted by atomic mass is 16.5. The molecule has 0 spiro atoms. The van der Waals surface area contributed by atoms with E-state index >= 15 is 0 Å². The van der Waals surface area contributed by atoms with Crippen molar-refractivity contribution < 1.29 is 9.53 Å². The van der Waals surface area contributed by atoms with Crippen molar-refractivity contribution in [3.8, 4) is 5.75 Å². The van der Waals surface area contributed by atoms with Crippen LogP contribution in [-0.2, 0) is 4.79 Å². The highest BCUT2D eigenvalue weighted by Gasteiger charge is 2.25. The van der Waals surface area contributed by atoms with Crippen molar-refractivity contribution in [2.75, 3.05) is 20.2 Å². The first-order valence-corrected chi connectivity index (χ1v) is 6.19. The maximum atomic E-state index is 12.2. The van der Waals surface area contributed by atoms with Crippen LogP contribution in [0.1, 0.15) is 25.8 Å². The van der Waals surface area contributed by atoms with Crippen molar-refractivity contribution in [3.05, 3.63) is 28.7 Å². The summed E-state index contributed by atoms with van der Waals surface area (Å²) in [5, 5.41) is 0. The lowest BCUT2D eigenvalue weighted by molar-refractivity contribution is -0.133. The number of ether oxygens (including phenoxy) is 1. The highest BCUT2D eigenvalue weighted by Crippen LogP contribution is 2.15. The van der Waals surface area contributed by atoms with Crippen LogP contribution in [-0.4, -0.2) is 35.6 Å². The number of carbonyl (C=O) groups excluding carboxylic acids is 1. The minimum atomic E-state index is -0.481. The largest absolute Gasteiger partial charge is 0.491 e. The summed E-state index contributed by atoms with van der Waals surface area (Å²) in [4.78, 5) is 26.1. The molecule has 1 aliphatic heterocycles. The molecular weight excluding hydrogens is 232 g/mol. The van der Waals surface area contributed by atoms with E-state index in [0.29, 0.717) is 0 Å². The quantitative estimate of drug-likeness (QED) is 0.805. The summed E-state index contributed by atoms with van der Waals surface area (Å²) in [7, 11) is 1.45. The Morgan fingerprint density at radius 2 is 2.06 bits per heavy atom. The third kappa shape index (κ3) is 2.25. The first kappa shape index (κ1) is 12.7. The maximum Gasteiger partial charge on any atom is 0.293 e. The molecule has 1 amide bonds. The molecule has 0 N–H and O–H groups in total. The summed E-state index contributed by atoms with van der Waals surface area (Å²) in [5.74, 6) is 0.265. The van der Waals surface area contributed by atoms with Crippen molar-refractivity contribution in [1.82, 2.24) is 9.47 Å². The summed E-state index contributed by atoms with van der Waals surface area (Å²) in [5.41, 5.74) is -0.264. The summed E-state index contributed by atoms with van der Waals surface area (Å²) in [6.45, 7) is 3.34. The second kappa shape index (κ2) is 5.25. The molecule has 0 aromatic carbocycles. The van der Waals surface area contributed by atoms with Crippen LogP contribution in [0.15, 0.2) is 23.1 Å². The second-order valence-corrected chi connectivity index (χ2v) is 4.50. The predicted molar refractivity (Wildman–Crippen MR) is 67.8 cm³/mol. The van der Waals surface area contributed by atoms with Gasteiger partial charge in [-0.05, 0) is 31.9 Å². The average molecular weight is 250 g/mol. The van der Waals surface area contributed by atoms with Gasteiger partial charge >= 0.3 is 0 Å². The van der Waals surface area contributed by atoms with Crippen LogP contribution < -0.4 is 10.3 Å². The third-order valence-electron chi connectivity index (χ3n) is 3.35. The van der Waals surface area contributed by atoms with E-state index in [1.54, 1.807) is 25.3 Å². The van der Waals surface area contributed by atoms with E-state index in [9.17, 15) is 9.59 Å². The van der Waals surface area contributed by atoms with Crippen molar-refractivity contribution >= 4 is 5.91 Å². The molecule has 0 radical (unpaired) electrons. The number of nitrogens with zero attached hydrogens (tertiary/aromatic N) is 2. The monoisotopic (exact) mass is 250 g/mol. The fourth-order valence-corrected chi connectivity index (χ4v) is 2.27. The molecule has 1 aromatic heterocycles. The van der Waals surface area contributed by atoms with Crippen molar-refractivity contribution in [3.63, 3.8) is 0 Å². The number of amides is 1. The molecule has 1 fully saturated rings. The number of aromatic nitrogens is 1. The zero-order chi connectivity index (χ0) is 13.1. The predicted octanol–water partition coefficient (Wildman–Crippen LogP) is 1.04. The Bertz CT molecular complexity index is 489. The van der Waals surface area contributed by atoms with E-state index in [2.05, 4.69) is 0 Å². The summed E-state index contributed by atoms with van der Waals surface area (Å²) >= 11 is 0. The van der Waals surface area contributed by atoms with E-state index in [-0.39, 0.29) is 17.2 Å². The molecule has 5 nitrogen and oxygen atoms in total. The number of carbonyl (C=O) groups is 1. The van der Waals surface area contributed by atoms with Crippen molar-refractivity contribution in [1.29, 1.82) is 0 Å². The number of hydrogen-bond acceptors (Lipinski definition) is 3. The van der Waals surface area contributed by atoms with Crippen LogP contribution in [0.4, 0.5) is 0 Å². The molecule has 0 unspecified atom stereocenters. The standard InChI is InChI=1S/C13H18N2O3/c1-10(12(16)14-7-3-4-8-14)15-9-5-6-11(18-2)13(15)17/h5-6,9-10H,3-4,7-8H2,1-2H3/t10-/m0/s1. The van der Waals surface area contributed by atoms with Gasteiger partial charge in [-0.1, -0.05) is 0 Å². The van der Waals surface area contributed by atoms with Crippen molar-refractivity contribution in [2.24, 2.45) is 0 Å². The molecule has 0 bridgehead atoms. The van der Waals surface area contributed by atoms with Gasteiger partial charge in [0.05, 0.1) is 7.11 Å². The van der Waals surface area contributed by atoms with Crippen LogP contribution >= 0.6 is 0 Å². The van der Waals surface area contributed by atoms with Gasteiger partial charge in [-0.15, -0.1) is 0 Å². The minimum absolute atomic E-state index is 0.00264. The molecule has 18 heavy (non-hydrogen) atoms. The Hall–Kier alpha value is -1.78. The molecule has 2 rings (SSSR count). The van der Waals surface area contributed by atoms with Gasteiger partial charge in [0.15, 0.2) is 5.75 Å². The molecule has 1 aromatic rings. The highest BCUT2D eigenvalue weighted by molar-refractivity contribution is 5.80. The Morgan fingerprint density at radius 1 is 1.39 bits per heavy atom. The maximum absolute atomic E-state index is 12.2. The molecule has 2 heterocycles. The number of hydrogen-bond donors (Lipinski definition) is 0. The van der Waals surface area contributed by atoms with Crippen molar-refractivity contribution in [2.45, 2.75) is 25.8 Å². The van der Waals surface area contributed by atoms with Crippen LogP contribution in [0.25, 0.3) is 0 Å². The number of methoxy groups -OCH3 is 1. The molecule has 1 aliphatic rings. The van der Waals surface area contributed by atoms with Gasteiger partial charge in [-0.2, -0.15) is 0 Å². The van der Waals surface area contributed by atoms with E-state index in [4.69, 9.17) is 4.74 Å². The number of pyridine rings is 1. The van der Waals surface area contributed by atoms with E-state index in [1.165, 1.54) is 11.7 Å². The Morgan fingerprint density at radius 3 is 2.67 bits per heavy atom. The Balaban J connectivity index is 2.25. The van der Waals surface area contributed by atoms with Gasteiger partial charge in [-0.3, -0.25) is 9.59 Å². The molecule has 0 aliphatic carbocycles. The molecule has 1 saturated heterocycles. The van der Waals surface area contributed by atoms with Gasteiger partial charge in [0.1, 0.15) is 6.04 Å². The van der Waals surface area contributed by atoms with Crippen LogP contribution in [0, 0.1) is 0 Å². The van der Waals surface area contributed by atoms with E-state index in [1.807, 2.05) is 4.90 Å². The molecule has 98 valence electrons. The minimum Gasteiger partial charge on any atom is -0.491 e. The molecule has 5 heteroatoms. The number of likely N-dealkylation sites (tertiary alicyclic amines) is 1. The van der Waals surface area contributed by atoms with Gasteiger partial charge in [0, 0.05) is 19.3 Å². The molecular formula is C13H18N2O3. The summed E-state index contributed by atoms with van der Waals surface area (Å²) < 4.78 is 6.41. The fraction of sp³-hybridized carbons (Fsp3) is 0.538. The van der Waals surface area contributed by atoms with Gasteiger partial charge in [-0.25, -0.2) is 0 Å². The molecule has 1 atom stereocenters. The lowest BCUT2D eigenvalue weighted by atomic mass is 10.2. The lowest BCUT2D eigenvalue weighted by Crippen LogP contribution is -2.37. The Kier molecular flexibility index (Phi) is 3.69. The third-order valence-corrected chi connectivity index (χ3v) is 3.35. The zero-order valence-electron chi connectivity index (χ0n) is 10.8. The van der Waals surface area contributed by atoms with E-state index < -0.39 is 6.04 Å². The lowest BCUT2D eigenvalue weighted by Gasteiger charge is -2.22.